The van der Waals surface area contributed by atoms with Crippen LogP contribution in [0.15, 0.2) is 0 Å². The molecule has 0 aliphatic carbocycles. The molecule has 0 spiro atoms. The number of hydrogen-bond acceptors (Lipinski definition) is 3. The predicted molar refractivity (Wildman–Crippen MR) is 71.8 cm³/mol. The molecule has 0 aromatic heterocycles. The fourth-order valence-electron chi connectivity index (χ4n) is 3.20. The smallest absolute Gasteiger partial charge is 0.303 e. The third-order valence-corrected chi connectivity index (χ3v) is 4.39. The Morgan fingerprint density at radius 3 is 2.74 bits per heavy atom. The average Bonchev–Trinajstić information content (AvgIpc) is 2.62. The van der Waals surface area contributed by atoms with Crippen LogP contribution in [0.5, 0.6) is 0 Å². The first-order chi connectivity index (χ1) is 9.15. The molecule has 2 heterocycles. The molecule has 1 atom stereocenters. The molecule has 0 aromatic rings. The maximum atomic E-state index is 11.6. The molecule has 2 fully saturated rings. The van der Waals surface area contributed by atoms with Gasteiger partial charge >= 0.3 is 5.97 Å². The largest absolute Gasteiger partial charge is 0.481 e. The van der Waals surface area contributed by atoms with E-state index in [1.807, 2.05) is 0 Å². The van der Waals surface area contributed by atoms with Crippen LogP contribution in [0.1, 0.15) is 44.9 Å². The third-order valence-electron chi connectivity index (χ3n) is 4.39. The molecule has 0 aromatic carbocycles. The Kier molecular flexibility index (Phi) is 5.19. The lowest BCUT2D eigenvalue weighted by atomic mass is 9.90. The van der Waals surface area contributed by atoms with Crippen molar-refractivity contribution in [3.05, 3.63) is 0 Å². The molecule has 5 nitrogen and oxygen atoms in total. The van der Waals surface area contributed by atoms with Crippen molar-refractivity contribution in [3.63, 3.8) is 0 Å². The van der Waals surface area contributed by atoms with E-state index >= 15 is 0 Å². The third kappa shape index (κ3) is 4.49. The highest BCUT2D eigenvalue weighted by Crippen LogP contribution is 2.25. The van der Waals surface area contributed by atoms with Gasteiger partial charge < -0.3 is 10.4 Å². The Morgan fingerprint density at radius 2 is 2.05 bits per heavy atom. The fourth-order valence-corrected chi connectivity index (χ4v) is 3.20. The lowest BCUT2D eigenvalue weighted by Gasteiger charge is -2.36. The maximum absolute atomic E-state index is 11.6. The number of nitrogens with zero attached hydrogens (tertiary/aromatic N) is 1. The van der Waals surface area contributed by atoms with Crippen molar-refractivity contribution in [1.29, 1.82) is 0 Å². The zero-order chi connectivity index (χ0) is 13.7. The van der Waals surface area contributed by atoms with Crippen molar-refractivity contribution >= 4 is 11.9 Å². The summed E-state index contributed by atoms with van der Waals surface area (Å²) in [7, 11) is 0. The second-order valence-electron chi connectivity index (χ2n) is 5.76. The maximum Gasteiger partial charge on any atom is 0.303 e. The minimum absolute atomic E-state index is 0.176. The highest BCUT2D eigenvalue weighted by atomic mass is 16.4. The average molecular weight is 268 g/mol. The standard InChI is InChI=1S/C14H24N2O3/c17-13-10-12(2-1-7-15-13)16-8-5-11(6-9-16)3-4-14(18)19/h11-12H,1-10H2,(H,15,17)(H,18,19). The normalized spacial score (nSPS) is 26.7. The van der Waals surface area contributed by atoms with Gasteiger partial charge in [0.15, 0.2) is 0 Å². The van der Waals surface area contributed by atoms with Gasteiger partial charge in [-0.25, -0.2) is 0 Å². The van der Waals surface area contributed by atoms with Gasteiger partial charge in [0, 0.05) is 25.4 Å². The SMILES string of the molecule is O=C(O)CCC1CCN(C2CCCNC(=O)C2)CC1. The van der Waals surface area contributed by atoms with E-state index in [0.29, 0.717) is 18.4 Å². The first kappa shape index (κ1) is 14.3. The summed E-state index contributed by atoms with van der Waals surface area (Å²) >= 11 is 0. The molecule has 2 saturated heterocycles. The molecule has 2 aliphatic rings. The number of piperidine rings is 1. The van der Waals surface area contributed by atoms with Crippen molar-refractivity contribution in [2.75, 3.05) is 19.6 Å². The summed E-state index contributed by atoms with van der Waals surface area (Å²) in [4.78, 5) is 24.6. The van der Waals surface area contributed by atoms with Crippen LogP contribution in [-0.4, -0.2) is 47.6 Å². The van der Waals surface area contributed by atoms with E-state index in [-0.39, 0.29) is 12.3 Å². The van der Waals surface area contributed by atoms with E-state index in [1.165, 1.54) is 0 Å². The molecule has 0 radical (unpaired) electrons. The van der Waals surface area contributed by atoms with Gasteiger partial charge in [0.25, 0.3) is 0 Å². The van der Waals surface area contributed by atoms with E-state index in [4.69, 9.17) is 5.11 Å². The van der Waals surface area contributed by atoms with Crippen molar-refractivity contribution in [1.82, 2.24) is 10.2 Å². The van der Waals surface area contributed by atoms with Crippen LogP contribution in [0.3, 0.4) is 0 Å². The monoisotopic (exact) mass is 268 g/mol. The second-order valence-corrected chi connectivity index (χ2v) is 5.76. The Balaban J connectivity index is 1.75. The number of aliphatic carboxylic acids is 1. The Hall–Kier alpha value is -1.10. The topological polar surface area (TPSA) is 69.6 Å². The van der Waals surface area contributed by atoms with Gasteiger partial charge in [0.2, 0.25) is 5.91 Å². The molecule has 2 rings (SSSR count). The Morgan fingerprint density at radius 1 is 1.32 bits per heavy atom. The molecule has 19 heavy (non-hydrogen) atoms. The molecular formula is C14H24N2O3. The summed E-state index contributed by atoms with van der Waals surface area (Å²) in [5.74, 6) is 0.0327. The molecule has 2 aliphatic heterocycles. The number of carboxylic acids is 1. The summed E-state index contributed by atoms with van der Waals surface area (Å²) in [5, 5.41) is 11.6. The second kappa shape index (κ2) is 6.89. The van der Waals surface area contributed by atoms with Crippen molar-refractivity contribution in [2.24, 2.45) is 5.92 Å². The molecule has 108 valence electrons. The van der Waals surface area contributed by atoms with Gasteiger partial charge in [-0.1, -0.05) is 0 Å². The Bertz CT molecular complexity index is 325. The summed E-state index contributed by atoms with van der Waals surface area (Å²) in [6.45, 7) is 2.84. The van der Waals surface area contributed by atoms with Crippen LogP contribution in [0.25, 0.3) is 0 Å². The summed E-state index contributed by atoms with van der Waals surface area (Å²) in [6.07, 6.45) is 6.02. The van der Waals surface area contributed by atoms with Crippen LogP contribution in [0.2, 0.25) is 0 Å². The molecule has 1 amide bonds. The number of carbonyl (C=O) groups excluding carboxylic acids is 1. The molecule has 0 saturated carbocycles. The summed E-state index contributed by atoms with van der Waals surface area (Å²) < 4.78 is 0. The molecule has 0 bridgehead atoms. The Labute approximate surface area is 114 Å². The zero-order valence-corrected chi connectivity index (χ0v) is 11.4. The van der Waals surface area contributed by atoms with Gasteiger partial charge in [-0.2, -0.15) is 0 Å². The molecule has 1 unspecified atom stereocenters. The van der Waals surface area contributed by atoms with E-state index < -0.39 is 5.97 Å². The number of nitrogens with one attached hydrogen (secondary N) is 1. The van der Waals surface area contributed by atoms with Crippen molar-refractivity contribution < 1.29 is 14.7 Å². The van der Waals surface area contributed by atoms with Crippen molar-refractivity contribution in [3.8, 4) is 0 Å². The highest BCUT2D eigenvalue weighted by molar-refractivity contribution is 5.76. The van der Waals surface area contributed by atoms with Crippen LogP contribution < -0.4 is 5.32 Å². The van der Waals surface area contributed by atoms with Gasteiger partial charge in [-0.3, -0.25) is 14.5 Å². The molecule has 5 heteroatoms. The van der Waals surface area contributed by atoms with Gasteiger partial charge in [-0.15, -0.1) is 0 Å². The lowest BCUT2D eigenvalue weighted by Crippen LogP contribution is -2.42. The minimum Gasteiger partial charge on any atom is -0.481 e. The number of hydrogen-bond donors (Lipinski definition) is 2. The van der Waals surface area contributed by atoms with E-state index in [0.717, 1.165) is 51.7 Å². The minimum atomic E-state index is -0.692. The number of carbonyl (C=O) groups is 2. The summed E-state index contributed by atoms with van der Waals surface area (Å²) in [6, 6.07) is 0.392. The van der Waals surface area contributed by atoms with E-state index in [2.05, 4.69) is 10.2 Å². The van der Waals surface area contributed by atoms with E-state index in [1.54, 1.807) is 0 Å². The first-order valence-electron chi connectivity index (χ1n) is 7.37. The van der Waals surface area contributed by atoms with E-state index in [9.17, 15) is 9.59 Å². The zero-order valence-electron chi connectivity index (χ0n) is 11.4. The highest BCUT2D eigenvalue weighted by Gasteiger charge is 2.27. The number of carboxylic acid groups (broad SMARTS) is 1. The van der Waals surface area contributed by atoms with Crippen LogP contribution in [-0.2, 0) is 9.59 Å². The number of rotatable bonds is 4. The predicted octanol–water partition coefficient (Wildman–Crippen LogP) is 1.23. The van der Waals surface area contributed by atoms with Gasteiger partial charge in [0.1, 0.15) is 0 Å². The molecular weight excluding hydrogens is 244 g/mol. The number of amides is 1. The first-order valence-corrected chi connectivity index (χ1v) is 7.37. The van der Waals surface area contributed by atoms with Crippen LogP contribution >= 0.6 is 0 Å². The van der Waals surface area contributed by atoms with Crippen LogP contribution in [0, 0.1) is 5.92 Å². The quantitative estimate of drug-likeness (QED) is 0.804. The lowest BCUT2D eigenvalue weighted by molar-refractivity contribution is -0.137. The van der Waals surface area contributed by atoms with Gasteiger partial charge in [0.05, 0.1) is 0 Å². The van der Waals surface area contributed by atoms with Crippen molar-refractivity contribution in [2.45, 2.75) is 51.0 Å². The van der Waals surface area contributed by atoms with Gasteiger partial charge in [-0.05, 0) is 51.1 Å². The summed E-state index contributed by atoms with van der Waals surface area (Å²) in [5.41, 5.74) is 0. The number of likely N-dealkylation sites (tertiary alicyclic amines) is 1. The molecule has 2 N–H and O–H groups in total. The fraction of sp³-hybridized carbons (Fsp3) is 0.857. The van der Waals surface area contributed by atoms with Crippen LogP contribution in [0.4, 0.5) is 0 Å².